The van der Waals surface area contributed by atoms with Crippen LogP contribution in [-0.2, 0) is 16.0 Å². The minimum Gasteiger partial charge on any atom is -0.493 e. The highest BCUT2D eigenvalue weighted by Crippen LogP contribution is 2.46. The highest BCUT2D eigenvalue weighted by Gasteiger charge is 2.35. The van der Waals surface area contributed by atoms with Gasteiger partial charge < -0.3 is 24.2 Å². The third kappa shape index (κ3) is 6.17. The Morgan fingerprint density at radius 3 is 2.18 bits per heavy atom. The molecule has 1 aliphatic heterocycles. The van der Waals surface area contributed by atoms with Gasteiger partial charge in [0.2, 0.25) is 0 Å². The Hall–Kier alpha value is -3.42. The summed E-state index contributed by atoms with van der Waals surface area (Å²) in [5.41, 5.74) is 3.68. The van der Waals surface area contributed by atoms with Crippen molar-refractivity contribution in [2.24, 2.45) is 5.92 Å². The van der Waals surface area contributed by atoms with E-state index in [9.17, 15) is 14.3 Å². The number of rotatable bonds is 11. The van der Waals surface area contributed by atoms with E-state index in [0.717, 1.165) is 55.6 Å². The van der Waals surface area contributed by atoms with Crippen LogP contribution >= 0.6 is 0 Å². The summed E-state index contributed by atoms with van der Waals surface area (Å²) in [6.07, 6.45) is 1.68. The topological polar surface area (TPSA) is 68.2 Å². The van der Waals surface area contributed by atoms with Crippen LogP contribution in [0.1, 0.15) is 47.1 Å². The van der Waals surface area contributed by atoms with E-state index in [2.05, 4.69) is 4.90 Å². The maximum atomic E-state index is 13.3. The van der Waals surface area contributed by atoms with Crippen molar-refractivity contribution in [1.29, 1.82) is 0 Å². The number of para-hydroxylation sites is 1. The second-order valence-corrected chi connectivity index (χ2v) is 9.70. The molecule has 6 nitrogen and oxygen atoms in total. The van der Waals surface area contributed by atoms with E-state index in [0.29, 0.717) is 17.1 Å². The molecule has 3 aromatic carbocycles. The number of benzene rings is 3. The zero-order chi connectivity index (χ0) is 27.1. The molecule has 2 unspecified atom stereocenters. The average molecular weight is 522 g/mol. The van der Waals surface area contributed by atoms with Crippen LogP contribution in [0.4, 0.5) is 4.39 Å². The molecule has 1 N–H and O–H groups in total. The van der Waals surface area contributed by atoms with E-state index in [1.165, 1.54) is 19.2 Å². The van der Waals surface area contributed by atoms with Crippen LogP contribution in [0, 0.1) is 11.7 Å². The predicted octanol–water partition coefficient (Wildman–Crippen LogP) is 5.70. The van der Waals surface area contributed by atoms with E-state index in [4.69, 9.17) is 14.2 Å². The molecular formula is C31H36FNO5. The number of carbonyl (C=O) groups is 1. The van der Waals surface area contributed by atoms with Gasteiger partial charge in [-0.3, -0.25) is 0 Å². The van der Waals surface area contributed by atoms with Gasteiger partial charge in [0.1, 0.15) is 5.82 Å². The van der Waals surface area contributed by atoms with Crippen LogP contribution < -0.4 is 9.47 Å². The molecule has 3 aromatic rings. The zero-order valence-corrected chi connectivity index (χ0v) is 22.2. The highest BCUT2D eigenvalue weighted by molar-refractivity contribution is 5.75. The highest BCUT2D eigenvalue weighted by atomic mass is 19.1. The second-order valence-electron chi connectivity index (χ2n) is 9.70. The molecule has 1 fully saturated rings. The molecule has 1 aliphatic rings. The van der Waals surface area contributed by atoms with Gasteiger partial charge in [-0.05, 0) is 73.2 Å². The first-order valence-corrected chi connectivity index (χ1v) is 13.0. The molecule has 0 amide bonds. The smallest absolute Gasteiger partial charge is 0.337 e. The lowest BCUT2D eigenvalue weighted by Crippen LogP contribution is -2.37. The second kappa shape index (κ2) is 12.9. The molecule has 202 valence electrons. The number of aliphatic carboxylic acids is 1. The Kier molecular flexibility index (Phi) is 9.37. The minimum atomic E-state index is -1.07. The normalized spacial score (nSPS) is 16.1. The van der Waals surface area contributed by atoms with E-state index in [1.54, 1.807) is 14.2 Å². The number of carboxylic acids is 1. The number of halogens is 1. The standard InChI is InChI=1S/C31H36FNO5/c1-36-27-10-6-9-26(29(27)37-2)28(24-7-4-5-8-25(24)30(38-3)31(34)35)22-16-19-33(20-17-22)18-15-21-11-13-23(32)14-12-21/h4-14,22,28,30H,15-20H2,1-3H3,(H,34,35). The van der Waals surface area contributed by atoms with Gasteiger partial charge >= 0.3 is 5.97 Å². The summed E-state index contributed by atoms with van der Waals surface area (Å²) in [5, 5.41) is 9.90. The van der Waals surface area contributed by atoms with Crippen LogP contribution in [0.2, 0.25) is 0 Å². The largest absolute Gasteiger partial charge is 0.493 e. The molecule has 0 spiro atoms. The Labute approximate surface area is 224 Å². The van der Waals surface area contributed by atoms with Crippen LogP contribution in [0.15, 0.2) is 66.7 Å². The fourth-order valence-corrected chi connectivity index (χ4v) is 5.67. The summed E-state index contributed by atoms with van der Waals surface area (Å²) < 4.78 is 30.1. The lowest BCUT2D eigenvalue weighted by Gasteiger charge is -2.38. The summed E-state index contributed by atoms with van der Waals surface area (Å²) in [7, 11) is 4.68. The maximum absolute atomic E-state index is 13.3. The Bertz CT molecular complexity index is 1210. The fraction of sp³-hybridized carbons (Fsp3) is 0.387. The van der Waals surface area contributed by atoms with E-state index in [-0.39, 0.29) is 17.7 Å². The van der Waals surface area contributed by atoms with E-state index >= 15 is 0 Å². The molecule has 1 saturated heterocycles. The number of methoxy groups -OCH3 is 3. The number of hydrogen-bond donors (Lipinski definition) is 1. The summed E-state index contributed by atoms with van der Waals surface area (Å²) in [4.78, 5) is 14.5. The summed E-state index contributed by atoms with van der Waals surface area (Å²) in [6.45, 7) is 2.75. The maximum Gasteiger partial charge on any atom is 0.337 e. The number of likely N-dealkylation sites (tertiary alicyclic amines) is 1. The summed E-state index contributed by atoms with van der Waals surface area (Å²) in [5.74, 6) is 0.223. The van der Waals surface area contributed by atoms with E-state index in [1.807, 2.05) is 54.6 Å². The molecule has 2 atom stereocenters. The first-order valence-electron chi connectivity index (χ1n) is 13.0. The van der Waals surface area contributed by atoms with Gasteiger partial charge in [0.05, 0.1) is 14.2 Å². The molecule has 0 radical (unpaired) electrons. The van der Waals surface area contributed by atoms with Crippen molar-refractivity contribution in [1.82, 2.24) is 4.90 Å². The van der Waals surface area contributed by atoms with Crippen LogP contribution in [0.25, 0.3) is 0 Å². The molecule has 7 heteroatoms. The Balaban J connectivity index is 1.64. The third-order valence-electron chi connectivity index (χ3n) is 7.58. The monoisotopic (exact) mass is 521 g/mol. The summed E-state index contributed by atoms with van der Waals surface area (Å²) >= 11 is 0. The number of ether oxygens (including phenoxy) is 3. The van der Waals surface area contributed by atoms with Crippen molar-refractivity contribution in [3.63, 3.8) is 0 Å². The van der Waals surface area contributed by atoms with Gasteiger partial charge in [-0.25, -0.2) is 9.18 Å². The van der Waals surface area contributed by atoms with Crippen LogP contribution in [0.3, 0.4) is 0 Å². The predicted molar refractivity (Wildman–Crippen MR) is 144 cm³/mol. The molecule has 0 aromatic heterocycles. The van der Waals surface area contributed by atoms with Gasteiger partial charge in [-0.15, -0.1) is 0 Å². The molecular weight excluding hydrogens is 485 g/mol. The molecule has 0 bridgehead atoms. The van der Waals surface area contributed by atoms with Crippen LogP contribution in [0.5, 0.6) is 11.5 Å². The van der Waals surface area contributed by atoms with E-state index < -0.39 is 12.1 Å². The van der Waals surface area contributed by atoms with Gasteiger partial charge in [0, 0.05) is 25.1 Å². The Morgan fingerprint density at radius 2 is 1.58 bits per heavy atom. The number of nitrogens with zero attached hydrogens (tertiary/aromatic N) is 1. The fourth-order valence-electron chi connectivity index (χ4n) is 5.67. The van der Waals surface area contributed by atoms with Crippen molar-refractivity contribution in [3.05, 3.63) is 94.8 Å². The van der Waals surface area contributed by atoms with Crippen molar-refractivity contribution in [3.8, 4) is 11.5 Å². The molecule has 4 rings (SSSR count). The van der Waals surface area contributed by atoms with Crippen molar-refractivity contribution in [2.45, 2.75) is 31.3 Å². The van der Waals surface area contributed by atoms with Crippen LogP contribution in [-0.4, -0.2) is 56.9 Å². The average Bonchev–Trinajstić information content (AvgIpc) is 2.94. The zero-order valence-electron chi connectivity index (χ0n) is 22.2. The molecule has 38 heavy (non-hydrogen) atoms. The first kappa shape index (κ1) is 27.6. The SMILES string of the molecule is COc1cccc(C(c2ccccc2C(OC)C(=O)O)C2CCN(CCc3ccc(F)cc3)CC2)c1OC. The van der Waals surface area contributed by atoms with Crippen molar-refractivity contribution < 1.29 is 28.5 Å². The number of carboxylic acid groups (broad SMARTS) is 1. The van der Waals surface area contributed by atoms with Gasteiger partial charge in [0.15, 0.2) is 17.6 Å². The molecule has 0 saturated carbocycles. The number of hydrogen-bond acceptors (Lipinski definition) is 5. The first-order chi connectivity index (χ1) is 18.5. The van der Waals surface area contributed by atoms with Crippen molar-refractivity contribution in [2.75, 3.05) is 41.0 Å². The van der Waals surface area contributed by atoms with Gasteiger partial charge in [-0.1, -0.05) is 48.5 Å². The molecule has 1 heterocycles. The quantitative estimate of drug-likeness (QED) is 0.349. The lowest BCUT2D eigenvalue weighted by molar-refractivity contribution is -0.148. The third-order valence-corrected chi connectivity index (χ3v) is 7.58. The minimum absolute atomic E-state index is 0.104. The summed E-state index contributed by atoms with van der Waals surface area (Å²) in [6, 6.07) is 20.2. The van der Waals surface area contributed by atoms with Crippen molar-refractivity contribution >= 4 is 5.97 Å². The van der Waals surface area contributed by atoms with Gasteiger partial charge in [-0.2, -0.15) is 0 Å². The van der Waals surface area contributed by atoms with Gasteiger partial charge in [0.25, 0.3) is 0 Å². The Morgan fingerprint density at radius 1 is 0.921 bits per heavy atom. The number of piperidine rings is 1. The molecule has 0 aliphatic carbocycles. The lowest BCUT2D eigenvalue weighted by atomic mass is 9.73.